The first kappa shape index (κ1) is 56.5. The number of allylic oxidation sites excluding steroid dienone is 22. The first-order valence-corrected chi connectivity index (χ1v) is 23.7. The fourth-order valence-corrected chi connectivity index (χ4v) is 5.70. The molecule has 0 fully saturated rings. The summed E-state index contributed by atoms with van der Waals surface area (Å²) in [5.41, 5.74) is 0. The molecular formula is C55H84O6. The maximum absolute atomic E-state index is 12.8. The van der Waals surface area contributed by atoms with E-state index in [0.717, 1.165) is 109 Å². The van der Waals surface area contributed by atoms with Crippen LogP contribution in [0.3, 0.4) is 0 Å². The third kappa shape index (κ3) is 46.5. The molecule has 0 aromatic heterocycles. The van der Waals surface area contributed by atoms with Crippen LogP contribution < -0.4 is 0 Å². The molecule has 0 aliphatic carbocycles. The van der Waals surface area contributed by atoms with Gasteiger partial charge in [-0.05, 0) is 109 Å². The van der Waals surface area contributed by atoms with Gasteiger partial charge >= 0.3 is 17.9 Å². The van der Waals surface area contributed by atoms with Crippen molar-refractivity contribution >= 4 is 17.9 Å². The maximum Gasteiger partial charge on any atom is 0.306 e. The van der Waals surface area contributed by atoms with Crippen molar-refractivity contribution in [1.29, 1.82) is 0 Å². The minimum atomic E-state index is -0.839. The van der Waals surface area contributed by atoms with Gasteiger partial charge in [-0.15, -0.1) is 0 Å². The molecule has 0 aliphatic heterocycles. The van der Waals surface area contributed by atoms with Crippen LogP contribution in [0.5, 0.6) is 0 Å². The van der Waals surface area contributed by atoms with Crippen LogP contribution in [-0.4, -0.2) is 37.2 Å². The van der Waals surface area contributed by atoms with E-state index >= 15 is 0 Å². The van der Waals surface area contributed by atoms with Crippen LogP contribution >= 0.6 is 0 Å². The van der Waals surface area contributed by atoms with Crippen LogP contribution in [-0.2, 0) is 28.6 Å². The van der Waals surface area contributed by atoms with Crippen molar-refractivity contribution in [2.45, 2.75) is 181 Å². The molecule has 0 aromatic carbocycles. The number of rotatable bonds is 40. The number of hydrogen-bond donors (Lipinski definition) is 0. The highest BCUT2D eigenvalue weighted by molar-refractivity contribution is 5.71. The van der Waals surface area contributed by atoms with E-state index in [1.165, 1.54) is 12.8 Å². The van der Waals surface area contributed by atoms with Gasteiger partial charge in [-0.3, -0.25) is 14.4 Å². The van der Waals surface area contributed by atoms with Crippen molar-refractivity contribution in [2.24, 2.45) is 0 Å². The van der Waals surface area contributed by atoms with Gasteiger partial charge in [-0.25, -0.2) is 0 Å². The summed E-state index contributed by atoms with van der Waals surface area (Å²) in [7, 11) is 0. The molecule has 1 atom stereocenters. The molecule has 0 radical (unpaired) electrons. The Balaban J connectivity index is 4.59. The van der Waals surface area contributed by atoms with Crippen LogP contribution in [0.1, 0.15) is 175 Å². The van der Waals surface area contributed by atoms with E-state index in [-0.39, 0.29) is 50.4 Å². The second kappa shape index (κ2) is 48.2. The molecule has 0 saturated carbocycles. The predicted octanol–water partition coefficient (Wildman–Crippen LogP) is 15.5. The lowest BCUT2D eigenvalue weighted by Gasteiger charge is -2.18. The molecular weight excluding hydrogens is 757 g/mol. The summed E-state index contributed by atoms with van der Waals surface area (Å²) >= 11 is 0. The first-order valence-electron chi connectivity index (χ1n) is 23.7. The molecule has 0 aliphatic rings. The first-order chi connectivity index (χ1) is 30.0. The topological polar surface area (TPSA) is 78.9 Å². The van der Waals surface area contributed by atoms with Crippen LogP contribution in [0.15, 0.2) is 134 Å². The Morgan fingerprint density at radius 2 is 0.639 bits per heavy atom. The second-order valence-electron chi connectivity index (χ2n) is 14.9. The molecule has 0 saturated heterocycles. The highest BCUT2D eigenvalue weighted by Crippen LogP contribution is 2.11. The van der Waals surface area contributed by atoms with Crippen molar-refractivity contribution in [2.75, 3.05) is 13.2 Å². The number of carbonyl (C=O) groups excluding carboxylic acids is 3. The normalized spacial score (nSPS) is 13.3. The summed E-state index contributed by atoms with van der Waals surface area (Å²) in [6, 6.07) is 0. The highest BCUT2D eigenvalue weighted by Gasteiger charge is 2.19. The lowest BCUT2D eigenvalue weighted by molar-refractivity contribution is -0.166. The summed E-state index contributed by atoms with van der Waals surface area (Å²) in [5.74, 6) is -1.10. The van der Waals surface area contributed by atoms with Gasteiger partial charge in [-0.1, -0.05) is 180 Å². The van der Waals surface area contributed by atoms with Crippen molar-refractivity contribution in [3.63, 3.8) is 0 Å². The summed E-state index contributed by atoms with van der Waals surface area (Å²) in [4.78, 5) is 37.8. The zero-order valence-corrected chi connectivity index (χ0v) is 38.6. The largest absolute Gasteiger partial charge is 0.462 e. The van der Waals surface area contributed by atoms with E-state index in [4.69, 9.17) is 14.2 Å². The van der Waals surface area contributed by atoms with E-state index in [1.807, 2.05) is 12.2 Å². The van der Waals surface area contributed by atoms with Crippen LogP contribution in [0.2, 0.25) is 0 Å². The third-order valence-electron chi connectivity index (χ3n) is 9.14. The lowest BCUT2D eigenvalue weighted by Crippen LogP contribution is -2.30. The van der Waals surface area contributed by atoms with Crippen molar-refractivity contribution in [3.8, 4) is 0 Å². The molecule has 0 aromatic rings. The molecule has 6 heteroatoms. The van der Waals surface area contributed by atoms with E-state index in [9.17, 15) is 14.4 Å². The second-order valence-corrected chi connectivity index (χ2v) is 14.9. The highest BCUT2D eigenvalue weighted by atomic mass is 16.6. The fourth-order valence-electron chi connectivity index (χ4n) is 5.70. The monoisotopic (exact) mass is 841 g/mol. The number of ether oxygens (including phenoxy) is 3. The van der Waals surface area contributed by atoms with Gasteiger partial charge in [0.2, 0.25) is 0 Å². The molecule has 0 bridgehead atoms. The average Bonchev–Trinajstić information content (AvgIpc) is 3.26. The van der Waals surface area contributed by atoms with Crippen molar-refractivity contribution in [3.05, 3.63) is 134 Å². The minimum Gasteiger partial charge on any atom is -0.462 e. The Morgan fingerprint density at radius 3 is 1.07 bits per heavy atom. The molecule has 61 heavy (non-hydrogen) atoms. The zero-order valence-electron chi connectivity index (χ0n) is 38.6. The summed E-state index contributed by atoms with van der Waals surface area (Å²) in [6.07, 6.45) is 67.4. The Morgan fingerprint density at radius 1 is 0.328 bits per heavy atom. The third-order valence-corrected chi connectivity index (χ3v) is 9.14. The molecule has 1 unspecified atom stereocenters. The predicted molar refractivity (Wildman–Crippen MR) is 260 cm³/mol. The molecule has 0 amide bonds. The van der Waals surface area contributed by atoms with Gasteiger partial charge in [0, 0.05) is 19.3 Å². The molecule has 0 heterocycles. The SMILES string of the molecule is CC/C=C\C/C=C\C/C=C\C/C=C\C/C=C\CCC(=O)OCC(COC(=O)CCC/C=C\C/C=C\C/C=C\CC)OC(=O)CCCCCCCC/C=C\C/C=C\C/C=C\CC. The summed E-state index contributed by atoms with van der Waals surface area (Å²) < 4.78 is 16.6. The van der Waals surface area contributed by atoms with E-state index in [0.29, 0.717) is 12.8 Å². The van der Waals surface area contributed by atoms with Crippen LogP contribution in [0.4, 0.5) is 0 Å². The Bertz CT molecular complexity index is 1380. The molecule has 6 nitrogen and oxygen atoms in total. The summed E-state index contributed by atoms with van der Waals surface area (Å²) in [6.45, 7) is 6.13. The number of esters is 3. The standard InChI is InChI=1S/C55H84O6/c1-4-7-10-13-16-19-22-24-26-28-30-33-36-39-42-45-48-54(57)60-51-52(50-59-53(56)47-44-41-38-35-32-21-18-15-12-9-6-3)61-55(58)49-46-43-40-37-34-31-29-27-25-23-20-17-14-11-8-5-2/h7-12,16-21,24-27,30,33,35,38-39,42,52H,4-6,13-15,22-23,28-29,31-32,34,36-37,40-41,43-51H2,1-3H3/b10-7-,11-8-,12-9-,19-16-,20-17-,21-18-,26-24-,27-25-,33-30-,38-35-,42-39-. The summed E-state index contributed by atoms with van der Waals surface area (Å²) in [5, 5.41) is 0. The fraction of sp³-hybridized carbons (Fsp3) is 0.545. The van der Waals surface area contributed by atoms with Crippen LogP contribution in [0.25, 0.3) is 0 Å². The lowest BCUT2D eigenvalue weighted by atomic mass is 10.1. The van der Waals surface area contributed by atoms with Gasteiger partial charge in [0.05, 0.1) is 0 Å². The quantitative estimate of drug-likeness (QED) is 0.0265. The van der Waals surface area contributed by atoms with Gasteiger partial charge < -0.3 is 14.2 Å². The number of hydrogen-bond acceptors (Lipinski definition) is 6. The maximum atomic E-state index is 12.8. The van der Waals surface area contributed by atoms with E-state index in [2.05, 4.69) is 142 Å². The Kier molecular flexibility index (Phi) is 44.7. The molecule has 0 spiro atoms. The number of carbonyl (C=O) groups is 3. The van der Waals surface area contributed by atoms with Crippen LogP contribution in [0, 0.1) is 0 Å². The Labute approximate surface area is 373 Å². The van der Waals surface area contributed by atoms with E-state index in [1.54, 1.807) is 0 Å². The average molecular weight is 841 g/mol. The minimum absolute atomic E-state index is 0.138. The molecule has 0 N–H and O–H groups in total. The van der Waals surface area contributed by atoms with E-state index < -0.39 is 6.10 Å². The molecule has 0 rings (SSSR count). The van der Waals surface area contributed by atoms with Crippen molar-refractivity contribution in [1.82, 2.24) is 0 Å². The van der Waals surface area contributed by atoms with Gasteiger partial charge in [0.15, 0.2) is 6.10 Å². The number of unbranched alkanes of at least 4 members (excludes halogenated alkanes) is 7. The van der Waals surface area contributed by atoms with Gasteiger partial charge in [0.1, 0.15) is 13.2 Å². The smallest absolute Gasteiger partial charge is 0.306 e. The van der Waals surface area contributed by atoms with Crippen molar-refractivity contribution < 1.29 is 28.6 Å². The Hall–Kier alpha value is -4.45. The van der Waals surface area contributed by atoms with Gasteiger partial charge in [-0.2, -0.15) is 0 Å². The zero-order chi connectivity index (χ0) is 44.4. The van der Waals surface area contributed by atoms with Gasteiger partial charge in [0.25, 0.3) is 0 Å². The molecule has 340 valence electrons.